The van der Waals surface area contributed by atoms with Gasteiger partial charge in [0.2, 0.25) is 0 Å². The highest BCUT2D eigenvalue weighted by Gasteiger charge is 2.26. The van der Waals surface area contributed by atoms with E-state index in [0.29, 0.717) is 6.54 Å². The third kappa shape index (κ3) is 2.93. The van der Waals surface area contributed by atoms with Crippen LogP contribution < -0.4 is 5.69 Å². The molecule has 1 aliphatic heterocycles. The predicted molar refractivity (Wildman–Crippen MR) is 82.4 cm³/mol. The lowest BCUT2D eigenvalue weighted by atomic mass is 10.0. The van der Waals surface area contributed by atoms with Crippen LogP contribution in [0.1, 0.15) is 42.3 Å². The van der Waals surface area contributed by atoms with Crippen molar-refractivity contribution in [1.82, 2.24) is 19.7 Å². The highest BCUT2D eigenvalue weighted by molar-refractivity contribution is 5.22. The average Bonchev–Trinajstić information content (AvgIpc) is 2.81. The topological polar surface area (TPSA) is 53.9 Å². The number of nitrogens with zero attached hydrogens (tertiary/aromatic N) is 3. The first-order chi connectivity index (χ1) is 10.1. The molecule has 2 heterocycles. The Balaban J connectivity index is 1.92. The Bertz CT molecular complexity index is 673. The summed E-state index contributed by atoms with van der Waals surface area (Å²) in [4.78, 5) is 14.4. The zero-order valence-electron chi connectivity index (χ0n) is 12.7. The molecule has 1 unspecified atom stereocenters. The van der Waals surface area contributed by atoms with Crippen molar-refractivity contribution in [2.75, 3.05) is 13.6 Å². The van der Waals surface area contributed by atoms with E-state index in [4.69, 9.17) is 0 Å². The molecule has 0 bridgehead atoms. The van der Waals surface area contributed by atoms with Crippen LogP contribution >= 0.6 is 0 Å². The first-order valence-corrected chi connectivity index (χ1v) is 7.56. The summed E-state index contributed by atoms with van der Waals surface area (Å²) in [6, 6.07) is 8.51. The fourth-order valence-electron chi connectivity index (χ4n) is 3.13. The van der Waals surface area contributed by atoms with Crippen molar-refractivity contribution >= 4 is 0 Å². The van der Waals surface area contributed by atoms with Crippen LogP contribution in [-0.4, -0.2) is 33.3 Å². The van der Waals surface area contributed by atoms with Crippen molar-refractivity contribution in [3.05, 3.63) is 51.7 Å². The normalized spacial score (nSPS) is 19.8. The van der Waals surface area contributed by atoms with Gasteiger partial charge in [-0.25, -0.2) is 9.89 Å². The number of nitrogens with one attached hydrogen (secondary N) is 1. The highest BCUT2D eigenvalue weighted by atomic mass is 16.1. The van der Waals surface area contributed by atoms with Crippen molar-refractivity contribution in [1.29, 1.82) is 0 Å². The maximum Gasteiger partial charge on any atom is 0.343 e. The third-order valence-electron chi connectivity index (χ3n) is 4.28. The van der Waals surface area contributed by atoms with Gasteiger partial charge in [-0.2, -0.15) is 5.10 Å². The van der Waals surface area contributed by atoms with Gasteiger partial charge in [-0.05, 0) is 38.9 Å². The first-order valence-electron chi connectivity index (χ1n) is 7.56. The van der Waals surface area contributed by atoms with Crippen LogP contribution in [0.5, 0.6) is 0 Å². The van der Waals surface area contributed by atoms with Crippen molar-refractivity contribution < 1.29 is 0 Å². The van der Waals surface area contributed by atoms with Gasteiger partial charge in [0.05, 0.1) is 12.6 Å². The van der Waals surface area contributed by atoms with Gasteiger partial charge in [0.15, 0.2) is 5.82 Å². The van der Waals surface area contributed by atoms with E-state index >= 15 is 0 Å². The average molecular weight is 286 g/mol. The van der Waals surface area contributed by atoms with Gasteiger partial charge < -0.3 is 0 Å². The quantitative estimate of drug-likeness (QED) is 0.940. The minimum Gasteiger partial charge on any atom is -0.296 e. The number of likely N-dealkylation sites (tertiary alicyclic amines) is 1. The van der Waals surface area contributed by atoms with Crippen LogP contribution in [0.25, 0.3) is 0 Å². The fraction of sp³-hybridized carbons (Fsp3) is 0.500. The zero-order chi connectivity index (χ0) is 14.8. The molecule has 21 heavy (non-hydrogen) atoms. The van der Waals surface area contributed by atoms with Gasteiger partial charge in [-0.3, -0.25) is 9.47 Å². The molecule has 0 saturated carbocycles. The van der Waals surface area contributed by atoms with Crippen molar-refractivity contribution in [3.8, 4) is 0 Å². The molecule has 1 aromatic carbocycles. The number of piperidine rings is 1. The lowest BCUT2D eigenvalue weighted by Crippen LogP contribution is -2.33. The second-order valence-corrected chi connectivity index (χ2v) is 5.95. The molecular formula is C16H22N4O. The molecule has 5 heteroatoms. The van der Waals surface area contributed by atoms with Crippen LogP contribution in [0.2, 0.25) is 0 Å². The number of aromatic amines is 1. The minimum atomic E-state index is -0.120. The number of aryl methyl sites for hydroxylation is 1. The molecule has 0 spiro atoms. The molecule has 5 nitrogen and oxygen atoms in total. The molecule has 2 aromatic rings. The third-order valence-corrected chi connectivity index (χ3v) is 4.28. The fourth-order valence-corrected chi connectivity index (χ4v) is 3.13. The lowest BCUT2D eigenvalue weighted by Gasteiger charge is -2.31. The monoisotopic (exact) mass is 286 g/mol. The largest absolute Gasteiger partial charge is 0.343 e. The van der Waals surface area contributed by atoms with Crippen LogP contribution in [0.15, 0.2) is 29.1 Å². The summed E-state index contributed by atoms with van der Waals surface area (Å²) in [5.41, 5.74) is 2.23. The first kappa shape index (κ1) is 14.1. The van der Waals surface area contributed by atoms with E-state index in [1.165, 1.54) is 18.4 Å². The molecule has 1 aliphatic rings. The van der Waals surface area contributed by atoms with Gasteiger partial charge in [0.1, 0.15) is 0 Å². The number of aromatic nitrogens is 3. The molecule has 1 fully saturated rings. The van der Waals surface area contributed by atoms with Crippen molar-refractivity contribution in [2.24, 2.45) is 0 Å². The van der Waals surface area contributed by atoms with Gasteiger partial charge in [0.25, 0.3) is 0 Å². The number of hydrogen-bond acceptors (Lipinski definition) is 3. The summed E-state index contributed by atoms with van der Waals surface area (Å²) in [6.45, 7) is 3.71. The van der Waals surface area contributed by atoms with E-state index in [-0.39, 0.29) is 11.7 Å². The summed E-state index contributed by atoms with van der Waals surface area (Å²) >= 11 is 0. The number of rotatable bonds is 3. The van der Waals surface area contributed by atoms with Crippen LogP contribution in [-0.2, 0) is 6.54 Å². The molecule has 1 N–H and O–H groups in total. The maximum atomic E-state index is 12.1. The molecule has 0 aliphatic carbocycles. The summed E-state index contributed by atoms with van der Waals surface area (Å²) in [7, 11) is 2.11. The highest BCUT2D eigenvalue weighted by Crippen LogP contribution is 2.27. The molecular weight excluding hydrogens is 264 g/mol. The second kappa shape index (κ2) is 5.85. The van der Waals surface area contributed by atoms with Crippen LogP contribution in [0, 0.1) is 6.92 Å². The van der Waals surface area contributed by atoms with Crippen LogP contribution in [0.4, 0.5) is 0 Å². The summed E-state index contributed by atoms with van der Waals surface area (Å²) in [6.07, 6.45) is 3.48. The summed E-state index contributed by atoms with van der Waals surface area (Å²) in [5, 5.41) is 6.91. The maximum absolute atomic E-state index is 12.1. The smallest absolute Gasteiger partial charge is 0.296 e. The van der Waals surface area contributed by atoms with Crippen molar-refractivity contribution in [3.63, 3.8) is 0 Å². The molecule has 0 radical (unpaired) electrons. The van der Waals surface area contributed by atoms with E-state index in [1.807, 2.05) is 6.07 Å². The Hall–Kier alpha value is -1.88. The van der Waals surface area contributed by atoms with Gasteiger partial charge in [-0.15, -0.1) is 0 Å². The predicted octanol–water partition coefficient (Wildman–Crippen LogP) is 2.08. The van der Waals surface area contributed by atoms with E-state index in [9.17, 15) is 4.79 Å². The molecule has 1 saturated heterocycles. The Morgan fingerprint density at radius 1 is 1.38 bits per heavy atom. The zero-order valence-corrected chi connectivity index (χ0v) is 12.7. The van der Waals surface area contributed by atoms with Gasteiger partial charge in [-0.1, -0.05) is 36.2 Å². The number of benzene rings is 1. The second-order valence-electron chi connectivity index (χ2n) is 5.95. The van der Waals surface area contributed by atoms with Crippen LogP contribution in [0.3, 0.4) is 0 Å². The minimum absolute atomic E-state index is 0.120. The molecule has 1 atom stereocenters. The summed E-state index contributed by atoms with van der Waals surface area (Å²) < 4.78 is 1.78. The van der Waals surface area contributed by atoms with E-state index in [2.05, 4.69) is 47.3 Å². The van der Waals surface area contributed by atoms with E-state index in [0.717, 1.165) is 24.4 Å². The lowest BCUT2D eigenvalue weighted by molar-refractivity contribution is 0.175. The molecule has 0 amide bonds. The Morgan fingerprint density at radius 2 is 2.24 bits per heavy atom. The van der Waals surface area contributed by atoms with E-state index in [1.54, 1.807) is 4.57 Å². The number of H-pyrrole nitrogens is 1. The Labute approximate surface area is 124 Å². The Kier molecular flexibility index (Phi) is 3.92. The van der Waals surface area contributed by atoms with Gasteiger partial charge >= 0.3 is 5.69 Å². The van der Waals surface area contributed by atoms with Gasteiger partial charge in [0, 0.05) is 0 Å². The molecule has 3 rings (SSSR count). The van der Waals surface area contributed by atoms with Crippen molar-refractivity contribution in [2.45, 2.75) is 38.8 Å². The number of hydrogen-bond donors (Lipinski definition) is 1. The summed E-state index contributed by atoms with van der Waals surface area (Å²) in [5.74, 6) is 0.865. The standard InChI is InChI=1S/C16H22N4O/c1-12-6-5-7-13(10-12)11-20-15(17-18-16(20)21)14-8-3-4-9-19(14)2/h5-7,10,14H,3-4,8-9,11H2,1-2H3,(H,18,21). The SMILES string of the molecule is Cc1cccc(Cn2c(C3CCCCN3C)n[nH]c2=O)c1. The molecule has 1 aromatic heterocycles. The van der Waals surface area contributed by atoms with E-state index < -0.39 is 0 Å². The molecule has 112 valence electrons. The Morgan fingerprint density at radius 3 is 3.00 bits per heavy atom.